The molecule has 1 unspecified atom stereocenters. The van der Waals surface area contributed by atoms with Gasteiger partial charge in [0.05, 0.1) is 11.0 Å². The van der Waals surface area contributed by atoms with E-state index in [9.17, 15) is 14.9 Å². The number of nitro groups is 1. The number of nitro benzene ring substituents is 1. The number of rotatable bonds is 6. The Balaban J connectivity index is 2.58. The number of benzene rings is 1. The Bertz CT molecular complexity index is 432. The molecule has 1 aromatic rings. The van der Waals surface area contributed by atoms with Crippen LogP contribution in [0.4, 0.5) is 5.69 Å². The van der Waals surface area contributed by atoms with Crippen molar-refractivity contribution in [1.82, 2.24) is 0 Å². The van der Waals surface area contributed by atoms with E-state index in [1.165, 1.54) is 18.2 Å². The quantitative estimate of drug-likeness (QED) is 0.441. The van der Waals surface area contributed by atoms with Crippen molar-refractivity contribution in [2.75, 3.05) is 6.61 Å². The molecule has 1 aromatic carbocycles. The Morgan fingerprint density at radius 1 is 1.44 bits per heavy atom. The Labute approximate surface area is 105 Å². The van der Waals surface area contributed by atoms with Gasteiger partial charge in [-0.3, -0.25) is 10.1 Å². The topological polar surface area (TPSA) is 78.7 Å². The molecule has 0 aliphatic carbocycles. The Morgan fingerprint density at radius 3 is 2.72 bits per heavy atom. The normalized spacial score (nSPS) is 11.7. The van der Waals surface area contributed by atoms with Gasteiger partial charge in [-0.2, -0.15) is 0 Å². The van der Waals surface area contributed by atoms with Gasteiger partial charge in [0.15, 0.2) is 12.4 Å². The van der Waals surface area contributed by atoms with Crippen LogP contribution in [-0.4, -0.2) is 23.6 Å². The molecule has 0 saturated carbocycles. The van der Waals surface area contributed by atoms with Crippen LogP contribution in [0.15, 0.2) is 24.3 Å². The summed E-state index contributed by atoms with van der Waals surface area (Å²) in [4.78, 5) is 21.5. The fraction of sp³-hybridized carbons (Fsp3) is 0.417. The van der Waals surface area contributed by atoms with E-state index in [4.69, 9.17) is 9.47 Å². The van der Waals surface area contributed by atoms with Crippen LogP contribution >= 0.6 is 0 Å². The molecule has 0 spiro atoms. The Morgan fingerprint density at radius 2 is 2.11 bits per heavy atom. The molecular formula is C12H15NO5. The average Bonchev–Trinajstić information content (AvgIpc) is 2.36. The van der Waals surface area contributed by atoms with Crippen molar-refractivity contribution in [3.05, 3.63) is 34.4 Å². The highest BCUT2D eigenvalue weighted by Crippen LogP contribution is 2.25. The highest BCUT2D eigenvalue weighted by molar-refractivity contribution is 5.71. The van der Waals surface area contributed by atoms with Crippen LogP contribution in [0.1, 0.15) is 20.3 Å². The average molecular weight is 253 g/mol. The minimum absolute atomic E-state index is 0.0589. The van der Waals surface area contributed by atoms with Crippen LogP contribution in [0.5, 0.6) is 5.75 Å². The third-order valence-corrected chi connectivity index (χ3v) is 2.32. The molecule has 1 atom stereocenters. The molecule has 6 nitrogen and oxygen atoms in total. The van der Waals surface area contributed by atoms with E-state index < -0.39 is 10.9 Å². The van der Waals surface area contributed by atoms with Gasteiger partial charge in [0.25, 0.3) is 0 Å². The summed E-state index contributed by atoms with van der Waals surface area (Å²) < 4.78 is 10.1. The Kier molecular flexibility index (Phi) is 5.10. The van der Waals surface area contributed by atoms with Gasteiger partial charge in [0.2, 0.25) is 0 Å². The minimum atomic E-state index is -0.560. The molecule has 0 bridgehead atoms. The third kappa shape index (κ3) is 4.04. The van der Waals surface area contributed by atoms with E-state index >= 15 is 0 Å². The first kappa shape index (κ1) is 14.0. The molecule has 18 heavy (non-hydrogen) atoms. The van der Waals surface area contributed by atoms with Crippen molar-refractivity contribution in [2.45, 2.75) is 26.4 Å². The van der Waals surface area contributed by atoms with Crippen molar-refractivity contribution >= 4 is 11.7 Å². The number of nitrogens with zero attached hydrogens (tertiary/aromatic N) is 1. The first-order valence-electron chi connectivity index (χ1n) is 5.60. The fourth-order valence-corrected chi connectivity index (χ4v) is 1.21. The highest BCUT2D eigenvalue weighted by atomic mass is 16.6. The van der Waals surface area contributed by atoms with Gasteiger partial charge in [-0.15, -0.1) is 0 Å². The van der Waals surface area contributed by atoms with Crippen LogP contribution in [0.3, 0.4) is 0 Å². The molecule has 0 radical (unpaired) electrons. The number of carbonyl (C=O) groups excluding carboxylic acids is 1. The molecule has 0 aromatic heterocycles. The second kappa shape index (κ2) is 6.58. The zero-order chi connectivity index (χ0) is 13.5. The summed E-state index contributed by atoms with van der Waals surface area (Å²) >= 11 is 0. The molecule has 0 heterocycles. The first-order valence-corrected chi connectivity index (χ1v) is 5.60. The lowest BCUT2D eigenvalue weighted by molar-refractivity contribution is -0.385. The largest absolute Gasteiger partial charge is 0.475 e. The number of para-hydroxylation sites is 2. The summed E-state index contributed by atoms with van der Waals surface area (Å²) in [6.45, 7) is 3.32. The highest BCUT2D eigenvalue weighted by Gasteiger charge is 2.16. The SMILES string of the molecule is CCC(C)OC(=O)COc1ccccc1[N+](=O)[O-]. The van der Waals surface area contributed by atoms with Gasteiger partial charge in [0, 0.05) is 6.07 Å². The standard InChI is InChI=1S/C12H15NO5/c1-3-9(2)18-12(14)8-17-11-7-5-4-6-10(11)13(15)16/h4-7,9H,3,8H2,1-2H3. The maximum Gasteiger partial charge on any atom is 0.344 e. The molecule has 0 fully saturated rings. The van der Waals surface area contributed by atoms with Crippen LogP contribution in [0, 0.1) is 10.1 Å². The van der Waals surface area contributed by atoms with Crippen molar-refractivity contribution in [1.29, 1.82) is 0 Å². The van der Waals surface area contributed by atoms with Gasteiger partial charge in [0.1, 0.15) is 0 Å². The number of carbonyl (C=O) groups is 1. The van der Waals surface area contributed by atoms with Crippen LogP contribution in [0.25, 0.3) is 0 Å². The maximum atomic E-state index is 11.3. The molecule has 0 N–H and O–H groups in total. The summed E-state index contributed by atoms with van der Waals surface area (Å²) in [6, 6.07) is 5.88. The smallest absolute Gasteiger partial charge is 0.344 e. The lowest BCUT2D eigenvalue weighted by Gasteiger charge is -2.11. The zero-order valence-electron chi connectivity index (χ0n) is 10.3. The molecule has 0 aliphatic rings. The summed E-state index contributed by atoms with van der Waals surface area (Å²) in [7, 11) is 0. The van der Waals surface area contributed by atoms with Gasteiger partial charge in [-0.25, -0.2) is 4.79 Å². The van der Waals surface area contributed by atoms with Crippen molar-refractivity contribution < 1.29 is 19.2 Å². The van der Waals surface area contributed by atoms with Crippen LogP contribution in [-0.2, 0) is 9.53 Å². The Hall–Kier alpha value is -2.11. The second-order valence-corrected chi connectivity index (χ2v) is 3.72. The van der Waals surface area contributed by atoms with Gasteiger partial charge in [-0.05, 0) is 19.4 Å². The fourth-order valence-electron chi connectivity index (χ4n) is 1.21. The third-order valence-electron chi connectivity index (χ3n) is 2.32. The molecule has 0 saturated heterocycles. The number of esters is 1. The van der Waals surface area contributed by atoms with E-state index in [0.29, 0.717) is 6.42 Å². The van der Waals surface area contributed by atoms with Crippen LogP contribution < -0.4 is 4.74 Å². The predicted octanol–water partition coefficient (Wildman–Crippen LogP) is 2.32. The van der Waals surface area contributed by atoms with Crippen molar-refractivity contribution in [3.63, 3.8) is 0 Å². The monoisotopic (exact) mass is 253 g/mol. The van der Waals surface area contributed by atoms with Gasteiger partial charge < -0.3 is 9.47 Å². The summed E-state index contributed by atoms with van der Waals surface area (Å²) in [6.07, 6.45) is 0.517. The second-order valence-electron chi connectivity index (χ2n) is 3.72. The molecule has 0 aliphatic heterocycles. The number of ether oxygens (including phenoxy) is 2. The van der Waals surface area contributed by atoms with Crippen LogP contribution in [0.2, 0.25) is 0 Å². The van der Waals surface area contributed by atoms with Gasteiger partial charge >= 0.3 is 11.7 Å². The maximum absolute atomic E-state index is 11.3. The number of hydrogen-bond donors (Lipinski definition) is 0. The van der Waals surface area contributed by atoms with Crippen molar-refractivity contribution in [3.8, 4) is 5.75 Å². The van der Waals surface area contributed by atoms with Gasteiger partial charge in [-0.1, -0.05) is 19.1 Å². The molecule has 0 amide bonds. The molecule has 6 heteroatoms. The molecular weight excluding hydrogens is 238 g/mol. The molecule has 1 rings (SSSR count). The summed E-state index contributed by atoms with van der Waals surface area (Å²) in [5.41, 5.74) is -0.172. The van der Waals surface area contributed by atoms with E-state index in [-0.39, 0.29) is 24.1 Å². The molecule has 98 valence electrons. The minimum Gasteiger partial charge on any atom is -0.475 e. The zero-order valence-corrected chi connectivity index (χ0v) is 10.3. The number of hydrogen-bond acceptors (Lipinski definition) is 5. The summed E-state index contributed by atoms with van der Waals surface area (Å²) in [5.74, 6) is -0.480. The van der Waals surface area contributed by atoms with E-state index in [2.05, 4.69) is 0 Å². The summed E-state index contributed by atoms with van der Waals surface area (Å²) in [5, 5.41) is 10.7. The lowest BCUT2D eigenvalue weighted by atomic mass is 10.3. The van der Waals surface area contributed by atoms with E-state index in [0.717, 1.165) is 0 Å². The lowest BCUT2D eigenvalue weighted by Crippen LogP contribution is -2.20. The van der Waals surface area contributed by atoms with Crippen molar-refractivity contribution in [2.24, 2.45) is 0 Å². The van der Waals surface area contributed by atoms with E-state index in [1.807, 2.05) is 6.92 Å². The predicted molar refractivity (Wildman–Crippen MR) is 64.4 cm³/mol. The van der Waals surface area contributed by atoms with E-state index in [1.54, 1.807) is 13.0 Å². The first-order chi connectivity index (χ1) is 8.54.